The number of nitrogens with zero attached hydrogens (tertiary/aromatic N) is 2. The molecule has 0 unspecified atom stereocenters. The minimum Gasteiger partial charge on any atom is -0.493 e. The van der Waals surface area contributed by atoms with Crippen LogP contribution < -0.4 is 19.5 Å². The molecule has 8 nitrogen and oxygen atoms in total. The first-order valence-corrected chi connectivity index (χ1v) is 9.87. The average molecular weight is 434 g/mol. The van der Waals surface area contributed by atoms with Crippen molar-refractivity contribution in [3.63, 3.8) is 0 Å². The molecule has 1 N–H and O–H groups in total. The smallest absolute Gasteiger partial charge is 0.257 e. The van der Waals surface area contributed by atoms with Gasteiger partial charge in [0, 0.05) is 25.2 Å². The molecular formula is C21H24ClN3O5. The van der Waals surface area contributed by atoms with Crippen molar-refractivity contribution < 1.29 is 23.8 Å². The molecule has 2 heterocycles. The lowest BCUT2D eigenvalue weighted by Gasteiger charge is -2.31. The lowest BCUT2D eigenvalue weighted by atomic mass is 9.95. The highest BCUT2D eigenvalue weighted by Gasteiger charge is 2.30. The van der Waals surface area contributed by atoms with Gasteiger partial charge in [-0.25, -0.2) is 4.98 Å². The van der Waals surface area contributed by atoms with Gasteiger partial charge in [0.2, 0.25) is 11.7 Å². The standard InChI is InChI=1S/C21H24ClN3O5/c1-28-16-6-5-15(18(29-2)19(16)30-3)21(27)25-10-8-13(9-11-25)20(26)24-17-7-4-14(22)12-23-17/h4-7,12-13H,8-11H2,1-3H3,(H,23,24,26). The van der Waals surface area contributed by atoms with Crippen molar-refractivity contribution in [2.24, 2.45) is 5.92 Å². The van der Waals surface area contributed by atoms with Gasteiger partial charge in [-0.1, -0.05) is 11.6 Å². The fourth-order valence-corrected chi connectivity index (χ4v) is 3.57. The number of amides is 2. The summed E-state index contributed by atoms with van der Waals surface area (Å²) in [5, 5.41) is 3.30. The van der Waals surface area contributed by atoms with Crippen LogP contribution in [-0.4, -0.2) is 56.1 Å². The maximum atomic E-state index is 13.1. The van der Waals surface area contributed by atoms with E-state index in [1.54, 1.807) is 29.2 Å². The Bertz CT molecular complexity index is 912. The molecular weight excluding hydrogens is 410 g/mol. The molecule has 0 saturated carbocycles. The molecule has 1 aliphatic rings. The first-order valence-electron chi connectivity index (χ1n) is 9.49. The van der Waals surface area contributed by atoms with E-state index in [1.807, 2.05) is 0 Å². The summed E-state index contributed by atoms with van der Waals surface area (Å²) in [5.74, 6) is 1.16. The number of pyridine rings is 1. The summed E-state index contributed by atoms with van der Waals surface area (Å²) in [6.45, 7) is 0.922. The van der Waals surface area contributed by atoms with Crippen LogP contribution in [0.3, 0.4) is 0 Å². The third-order valence-corrected chi connectivity index (χ3v) is 5.29. The highest BCUT2D eigenvalue weighted by Crippen LogP contribution is 2.40. The predicted octanol–water partition coefficient (Wildman–Crippen LogP) is 3.25. The fraction of sp³-hybridized carbons (Fsp3) is 0.381. The van der Waals surface area contributed by atoms with E-state index >= 15 is 0 Å². The van der Waals surface area contributed by atoms with E-state index in [4.69, 9.17) is 25.8 Å². The number of halogens is 1. The van der Waals surface area contributed by atoms with E-state index in [2.05, 4.69) is 10.3 Å². The molecule has 1 saturated heterocycles. The molecule has 2 amide bonds. The monoisotopic (exact) mass is 433 g/mol. The number of likely N-dealkylation sites (tertiary alicyclic amines) is 1. The van der Waals surface area contributed by atoms with Crippen LogP contribution >= 0.6 is 11.6 Å². The largest absolute Gasteiger partial charge is 0.493 e. The first kappa shape index (κ1) is 21.7. The van der Waals surface area contributed by atoms with E-state index in [1.165, 1.54) is 27.5 Å². The second-order valence-corrected chi connectivity index (χ2v) is 7.24. The van der Waals surface area contributed by atoms with Crippen molar-refractivity contribution in [3.8, 4) is 17.2 Å². The number of carbonyl (C=O) groups is 2. The summed E-state index contributed by atoms with van der Waals surface area (Å²) in [4.78, 5) is 31.4. The van der Waals surface area contributed by atoms with Gasteiger partial charge in [-0.15, -0.1) is 0 Å². The van der Waals surface area contributed by atoms with Gasteiger partial charge in [-0.3, -0.25) is 9.59 Å². The molecule has 0 radical (unpaired) electrons. The molecule has 3 rings (SSSR count). The van der Waals surface area contributed by atoms with Gasteiger partial charge in [0.15, 0.2) is 11.5 Å². The average Bonchev–Trinajstić information content (AvgIpc) is 2.78. The van der Waals surface area contributed by atoms with Gasteiger partial charge in [0.05, 0.1) is 31.9 Å². The van der Waals surface area contributed by atoms with Gasteiger partial charge >= 0.3 is 0 Å². The quantitative estimate of drug-likeness (QED) is 0.752. The molecule has 0 aliphatic carbocycles. The van der Waals surface area contributed by atoms with Crippen molar-refractivity contribution in [2.75, 3.05) is 39.7 Å². The maximum absolute atomic E-state index is 13.1. The number of methoxy groups -OCH3 is 3. The number of aromatic nitrogens is 1. The number of hydrogen-bond acceptors (Lipinski definition) is 6. The van der Waals surface area contributed by atoms with Crippen molar-refractivity contribution in [2.45, 2.75) is 12.8 Å². The normalized spacial score (nSPS) is 14.2. The van der Waals surface area contributed by atoms with E-state index in [-0.39, 0.29) is 17.7 Å². The van der Waals surface area contributed by atoms with Crippen LogP contribution in [0.1, 0.15) is 23.2 Å². The molecule has 2 aromatic rings. The minimum atomic E-state index is -0.196. The third kappa shape index (κ3) is 4.59. The van der Waals surface area contributed by atoms with Crippen LogP contribution in [0, 0.1) is 5.92 Å². The molecule has 1 aromatic carbocycles. The molecule has 30 heavy (non-hydrogen) atoms. The van der Waals surface area contributed by atoms with E-state index < -0.39 is 0 Å². The minimum absolute atomic E-state index is 0.111. The molecule has 1 aromatic heterocycles. The Labute approximate surface area is 180 Å². The second-order valence-electron chi connectivity index (χ2n) is 6.80. The van der Waals surface area contributed by atoms with Crippen molar-refractivity contribution in [1.82, 2.24) is 9.88 Å². The highest BCUT2D eigenvalue weighted by atomic mass is 35.5. The summed E-state index contributed by atoms with van der Waals surface area (Å²) in [6.07, 6.45) is 2.59. The number of ether oxygens (including phenoxy) is 3. The zero-order chi connectivity index (χ0) is 21.7. The van der Waals surface area contributed by atoms with Crippen LogP contribution in [0.5, 0.6) is 17.2 Å². The maximum Gasteiger partial charge on any atom is 0.257 e. The lowest BCUT2D eigenvalue weighted by Crippen LogP contribution is -2.41. The Morgan fingerprint density at radius 1 is 1.03 bits per heavy atom. The predicted molar refractivity (Wildman–Crippen MR) is 113 cm³/mol. The summed E-state index contributed by atoms with van der Waals surface area (Å²) in [6, 6.07) is 6.66. The second kappa shape index (κ2) is 9.67. The lowest BCUT2D eigenvalue weighted by molar-refractivity contribution is -0.121. The number of benzene rings is 1. The van der Waals surface area contributed by atoms with Crippen molar-refractivity contribution in [1.29, 1.82) is 0 Å². The Morgan fingerprint density at radius 3 is 2.30 bits per heavy atom. The zero-order valence-electron chi connectivity index (χ0n) is 17.1. The van der Waals surface area contributed by atoms with Crippen LogP contribution in [0.15, 0.2) is 30.5 Å². The van der Waals surface area contributed by atoms with Gasteiger partial charge in [-0.05, 0) is 37.1 Å². The van der Waals surface area contributed by atoms with Crippen molar-refractivity contribution >= 4 is 29.2 Å². The molecule has 1 fully saturated rings. The Kier molecular flexibility index (Phi) is 6.99. The van der Waals surface area contributed by atoms with Crippen molar-refractivity contribution in [3.05, 3.63) is 41.0 Å². The number of piperidine rings is 1. The highest BCUT2D eigenvalue weighted by molar-refractivity contribution is 6.30. The molecule has 0 atom stereocenters. The van der Waals surface area contributed by atoms with Gasteiger partial charge < -0.3 is 24.4 Å². The summed E-state index contributed by atoms with van der Waals surface area (Å²) in [5.41, 5.74) is 0.392. The van der Waals surface area contributed by atoms with E-state index in [0.717, 1.165) is 0 Å². The third-order valence-electron chi connectivity index (χ3n) is 5.07. The van der Waals surface area contributed by atoms with Crippen LogP contribution in [0.2, 0.25) is 5.02 Å². The number of nitrogens with one attached hydrogen (secondary N) is 1. The Morgan fingerprint density at radius 2 is 1.73 bits per heavy atom. The number of carbonyl (C=O) groups excluding carboxylic acids is 2. The summed E-state index contributed by atoms with van der Waals surface area (Å²) < 4.78 is 16.1. The first-order chi connectivity index (χ1) is 14.5. The summed E-state index contributed by atoms with van der Waals surface area (Å²) in [7, 11) is 4.50. The molecule has 9 heteroatoms. The molecule has 1 aliphatic heterocycles. The van der Waals surface area contributed by atoms with Crippen LogP contribution in [0.4, 0.5) is 5.82 Å². The Hall–Kier alpha value is -3.00. The number of anilines is 1. The Balaban J connectivity index is 1.65. The van der Waals surface area contributed by atoms with E-state index in [9.17, 15) is 9.59 Å². The molecule has 0 spiro atoms. The summed E-state index contributed by atoms with van der Waals surface area (Å²) >= 11 is 5.81. The number of rotatable bonds is 6. The molecule has 160 valence electrons. The van der Waals surface area contributed by atoms with Crippen LogP contribution in [-0.2, 0) is 4.79 Å². The number of hydrogen-bond donors (Lipinski definition) is 1. The van der Waals surface area contributed by atoms with Crippen LogP contribution in [0.25, 0.3) is 0 Å². The topological polar surface area (TPSA) is 90.0 Å². The van der Waals surface area contributed by atoms with E-state index in [0.29, 0.717) is 59.6 Å². The van der Waals surface area contributed by atoms with Gasteiger partial charge in [-0.2, -0.15) is 0 Å². The molecule has 0 bridgehead atoms. The van der Waals surface area contributed by atoms with Gasteiger partial charge in [0.25, 0.3) is 5.91 Å². The van der Waals surface area contributed by atoms with Gasteiger partial charge in [0.1, 0.15) is 5.82 Å². The zero-order valence-corrected chi connectivity index (χ0v) is 17.9. The fourth-order valence-electron chi connectivity index (χ4n) is 3.46. The SMILES string of the molecule is COc1ccc(C(=O)N2CCC(C(=O)Nc3ccc(Cl)cn3)CC2)c(OC)c1OC.